The number of amides is 1. The largest absolute Gasteiger partial charge is 0.390 e. The van der Waals surface area contributed by atoms with Crippen LogP contribution in [0.4, 0.5) is 10.1 Å². The Bertz CT molecular complexity index is 1510. The molecule has 4 aromatic rings. The van der Waals surface area contributed by atoms with E-state index in [-0.39, 0.29) is 11.7 Å². The number of aliphatic hydroxyl groups excluding tert-OH is 1. The molecule has 0 spiro atoms. The van der Waals surface area contributed by atoms with Crippen molar-refractivity contribution in [3.63, 3.8) is 0 Å². The number of fused-ring (bicyclic) bond motifs is 1. The summed E-state index contributed by atoms with van der Waals surface area (Å²) in [7, 11) is 0. The van der Waals surface area contributed by atoms with E-state index in [4.69, 9.17) is 11.6 Å². The highest BCUT2D eigenvalue weighted by atomic mass is 35.5. The Morgan fingerprint density at radius 1 is 1.10 bits per heavy atom. The number of benzene rings is 3. The van der Waals surface area contributed by atoms with E-state index in [1.807, 2.05) is 43.3 Å². The predicted molar refractivity (Wildman–Crippen MR) is 153 cm³/mol. The molecule has 3 aromatic carbocycles. The molecule has 1 heterocycles. The Labute approximate surface area is 231 Å². The summed E-state index contributed by atoms with van der Waals surface area (Å²) in [4.78, 5) is 22.0. The van der Waals surface area contributed by atoms with Crippen LogP contribution in [0.5, 0.6) is 0 Å². The minimum Gasteiger partial charge on any atom is -0.390 e. The smallest absolute Gasteiger partial charge is 0.253 e. The number of carbonyl (C=O) groups is 1. The van der Waals surface area contributed by atoms with Crippen LogP contribution in [0.3, 0.4) is 0 Å². The molecular formula is C31H28ClFN4O2. The lowest BCUT2D eigenvalue weighted by Gasteiger charge is -2.19. The number of nitrogens with one attached hydrogen (secondary N) is 2. The van der Waals surface area contributed by atoms with Crippen LogP contribution < -0.4 is 10.6 Å². The van der Waals surface area contributed by atoms with Gasteiger partial charge in [-0.3, -0.25) is 14.8 Å². The number of aliphatic imine (C=N–C) groups is 1. The second-order valence-electron chi connectivity index (χ2n) is 9.52. The summed E-state index contributed by atoms with van der Waals surface area (Å²) in [5, 5.41) is 17.6. The monoisotopic (exact) mass is 542 g/mol. The van der Waals surface area contributed by atoms with Crippen LogP contribution in [0, 0.1) is 5.82 Å². The number of rotatable bonds is 7. The fourth-order valence-electron chi connectivity index (χ4n) is 4.71. The van der Waals surface area contributed by atoms with Crippen LogP contribution >= 0.6 is 11.6 Å². The molecule has 1 amide bonds. The summed E-state index contributed by atoms with van der Waals surface area (Å²) >= 11 is 6.27. The van der Waals surface area contributed by atoms with Crippen LogP contribution in [0.1, 0.15) is 40.0 Å². The zero-order valence-electron chi connectivity index (χ0n) is 21.4. The van der Waals surface area contributed by atoms with Crippen molar-refractivity contribution in [2.75, 3.05) is 11.9 Å². The lowest BCUT2D eigenvalue weighted by atomic mass is 10.1. The van der Waals surface area contributed by atoms with Crippen LogP contribution in [-0.2, 0) is 12.8 Å². The van der Waals surface area contributed by atoms with E-state index in [9.17, 15) is 14.3 Å². The van der Waals surface area contributed by atoms with E-state index >= 15 is 0 Å². The Morgan fingerprint density at radius 2 is 1.90 bits per heavy atom. The number of anilines is 1. The predicted octanol–water partition coefficient (Wildman–Crippen LogP) is 6.00. The van der Waals surface area contributed by atoms with E-state index in [2.05, 4.69) is 20.6 Å². The SMILES string of the molecule is CC(=NCCc1ccc(F)cc1)Nc1ccc2c(c1)[C@@H](NC(=O)c1ccc(-c3ccccc3Cl)nc1)[C@H](O)C2. The number of carbonyl (C=O) groups excluding carboxylic acids is 1. The summed E-state index contributed by atoms with van der Waals surface area (Å²) in [6, 6.07) is 22.6. The molecule has 8 heteroatoms. The van der Waals surface area contributed by atoms with Gasteiger partial charge in [0.2, 0.25) is 0 Å². The van der Waals surface area contributed by atoms with Crippen molar-refractivity contribution in [3.8, 4) is 11.3 Å². The molecule has 0 unspecified atom stereocenters. The Morgan fingerprint density at radius 3 is 2.64 bits per heavy atom. The minimum absolute atomic E-state index is 0.251. The first-order chi connectivity index (χ1) is 18.9. The van der Waals surface area contributed by atoms with Gasteiger partial charge in [-0.1, -0.05) is 48.0 Å². The van der Waals surface area contributed by atoms with Crippen molar-refractivity contribution in [1.29, 1.82) is 0 Å². The molecule has 39 heavy (non-hydrogen) atoms. The van der Waals surface area contributed by atoms with Gasteiger partial charge in [-0.15, -0.1) is 0 Å². The standard InChI is InChI=1S/C31H28ClFN4O2/c1-19(34-15-14-20-6-10-23(33)11-7-20)36-24-12-8-21-16-29(38)30(26(21)17-24)37-31(39)22-9-13-28(35-18-22)25-4-2-3-5-27(25)32/h2-13,17-18,29-30,38H,14-16H2,1H3,(H,34,36)(H,37,39)/t29-,30-/m1/s1. The highest BCUT2D eigenvalue weighted by molar-refractivity contribution is 6.33. The molecular weight excluding hydrogens is 515 g/mol. The third kappa shape index (κ3) is 6.33. The maximum Gasteiger partial charge on any atom is 0.253 e. The maximum absolute atomic E-state index is 13.1. The van der Waals surface area contributed by atoms with Crippen molar-refractivity contribution in [2.24, 2.45) is 4.99 Å². The molecule has 0 saturated heterocycles. The van der Waals surface area contributed by atoms with Crippen LogP contribution in [0.25, 0.3) is 11.3 Å². The fraction of sp³-hybridized carbons (Fsp3) is 0.194. The zero-order chi connectivity index (χ0) is 27.4. The summed E-state index contributed by atoms with van der Waals surface area (Å²) in [6.07, 6.45) is 1.94. The molecule has 3 N–H and O–H groups in total. The van der Waals surface area contributed by atoms with Gasteiger partial charge < -0.3 is 15.7 Å². The number of aromatic nitrogens is 1. The highest BCUT2D eigenvalue weighted by Gasteiger charge is 2.32. The van der Waals surface area contributed by atoms with Gasteiger partial charge >= 0.3 is 0 Å². The molecule has 1 aromatic heterocycles. The topological polar surface area (TPSA) is 86.6 Å². The van der Waals surface area contributed by atoms with Gasteiger partial charge in [0, 0.05) is 35.4 Å². The first kappa shape index (κ1) is 26.5. The number of hydrogen-bond acceptors (Lipinski definition) is 4. The van der Waals surface area contributed by atoms with Crippen LogP contribution in [-0.4, -0.2) is 34.5 Å². The van der Waals surface area contributed by atoms with Gasteiger partial charge in [-0.25, -0.2) is 4.39 Å². The van der Waals surface area contributed by atoms with Crippen molar-refractivity contribution in [3.05, 3.63) is 118 Å². The van der Waals surface area contributed by atoms with E-state index in [0.717, 1.165) is 33.8 Å². The quantitative estimate of drug-likeness (QED) is 0.197. The van der Waals surface area contributed by atoms with Crippen molar-refractivity contribution in [2.45, 2.75) is 31.9 Å². The number of nitrogens with zero attached hydrogens (tertiary/aromatic N) is 2. The second kappa shape index (κ2) is 11.8. The molecule has 5 rings (SSSR count). The molecule has 198 valence electrons. The van der Waals surface area contributed by atoms with Gasteiger partial charge in [0.15, 0.2) is 0 Å². The van der Waals surface area contributed by atoms with Crippen molar-refractivity contribution >= 4 is 29.0 Å². The zero-order valence-corrected chi connectivity index (χ0v) is 22.1. The highest BCUT2D eigenvalue weighted by Crippen LogP contribution is 2.34. The Hall–Kier alpha value is -4.07. The third-order valence-corrected chi connectivity index (χ3v) is 7.07. The normalized spacial score (nSPS) is 16.6. The van der Waals surface area contributed by atoms with E-state index in [1.165, 1.54) is 18.3 Å². The Kier molecular flexibility index (Phi) is 8.00. The average Bonchev–Trinajstić information content (AvgIpc) is 3.24. The number of pyridine rings is 1. The summed E-state index contributed by atoms with van der Waals surface area (Å²) in [6.45, 7) is 2.45. The number of aliphatic hydroxyl groups is 1. The fourth-order valence-corrected chi connectivity index (χ4v) is 4.94. The lowest BCUT2D eigenvalue weighted by molar-refractivity contribution is 0.0858. The number of amidine groups is 1. The molecule has 6 nitrogen and oxygen atoms in total. The first-order valence-corrected chi connectivity index (χ1v) is 13.1. The van der Waals surface area contributed by atoms with E-state index in [0.29, 0.717) is 35.7 Å². The molecule has 0 aliphatic heterocycles. The van der Waals surface area contributed by atoms with Crippen molar-refractivity contribution < 1.29 is 14.3 Å². The van der Waals surface area contributed by atoms with Gasteiger partial charge in [0.05, 0.1) is 29.2 Å². The molecule has 0 fully saturated rings. The van der Waals surface area contributed by atoms with Gasteiger partial charge in [0.25, 0.3) is 5.91 Å². The lowest BCUT2D eigenvalue weighted by Crippen LogP contribution is -2.34. The summed E-state index contributed by atoms with van der Waals surface area (Å²) in [5.74, 6) is 0.169. The van der Waals surface area contributed by atoms with Gasteiger partial charge in [0.1, 0.15) is 5.82 Å². The van der Waals surface area contributed by atoms with E-state index < -0.39 is 12.1 Å². The van der Waals surface area contributed by atoms with Crippen molar-refractivity contribution in [1.82, 2.24) is 10.3 Å². The summed E-state index contributed by atoms with van der Waals surface area (Å²) < 4.78 is 13.1. The molecule has 2 atom stereocenters. The molecule has 1 aliphatic rings. The van der Waals surface area contributed by atoms with Crippen LogP contribution in [0.15, 0.2) is 90.1 Å². The minimum atomic E-state index is -0.736. The molecule has 1 aliphatic carbocycles. The van der Waals surface area contributed by atoms with E-state index in [1.54, 1.807) is 30.3 Å². The second-order valence-corrected chi connectivity index (χ2v) is 9.92. The number of halogens is 2. The first-order valence-electron chi connectivity index (χ1n) is 12.7. The number of hydrogen-bond donors (Lipinski definition) is 3. The average molecular weight is 543 g/mol. The van der Waals surface area contributed by atoms with Gasteiger partial charge in [-0.05, 0) is 72.5 Å². The third-order valence-electron chi connectivity index (χ3n) is 6.74. The Balaban J connectivity index is 1.24. The molecule has 0 radical (unpaired) electrons. The molecule has 0 saturated carbocycles. The molecule has 0 bridgehead atoms. The summed E-state index contributed by atoms with van der Waals surface area (Å²) in [5.41, 5.74) is 5.54. The van der Waals surface area contributed by atoms with Gasteiger partial charge in [-0.2, -0.15) is 0 Å². The maximum atomic E-state index is 13.1. The van der Waals surface area contributed by atoms with Crippen LogP contribution in [0.2, 0.25) is 5.02 Å².